The highest BCUT2D eigenvalue weighted by molar-refractivity contribution is 7.59. The van der Waals surface area contributed by atoms with Crippen LogP contribution in [0.1, 0.15) is 31.7 Å². The van der Waals surface area contributed by atoms with E-state index in [4.69, 9.17) is 4.52 Å². The van der Waals surface area contributed by atoms with Crippen LogP contribution in [0.3, 0.4) is 0 Å². The number of amides is 1. The number of rotatable bonds is 10. The number of nitrogens with zero attached hydrogens (tertiary/aromatic N) is 1. The fourth-order valence-corrected chi connectivity index (χ4v) is 5.52. The molecule has 0 saturated carbocycles. The van der Waals surface area contributed by atoms with Crippen molar-refractivity contribution < 1.29 is 28.9 Å². The molecule has 1 aromatic carbocycles. The van der Waals surface area contributed by atoms with E-state index in [0.717, 1.165) is 17.7 Å². The average molecular weight is 397 g/mol. The molecule has 1 saturated heterocycles. The van der Waals surface area contributed by atoms with Crippen molar-refractivity contribution in [2.75, 3.05) is 25.5 Å². The summed E-state index contributed by atoms with van der Waals surface area (Å²) < 4.78 is 18.5. The molecule has 0 aromatic heterocycles. The van der Waals surface area contributed by atoms with E-state index >= 15 is 0 Å². The molecule has 1 aliphatic heterocycles. The Bertz CT molecular complexity index is 680. The van der Waals surface area contributed by atoms with Gasteiger partial charge in [0.2, 0.25) is 13.3 Å². The average Bonchev–Trinajstić information content (AvgIpc) is 3.02. The fourth-order valence-electron chi connectivity index (χ4n) is 3.37. The van der Waals surface area contributed by atoms with Crippen LogP contribution in [-0.4, -0.2) is 64.6 Å². The van der Waals surface area contributed by atoms with Gasteiger partial charge < -0.3 is 19.6 Å². The molecule has 7 nitrogen and oxygen atoms in total. The minimum Gasteiger partial charge on any atom is -0.480 e. The summed E-state index contributed by atoms with van der Waals surface area (Å²) in [6, 6.07) is 8.91. The topological polar surface area (TPSA) is 104 Å². The van der Waals surface area contributed by atoms with E-state index < -0.39 is 31.4 Å². The Kier molecular flexibility index (Phi) is 8.02. The number of benzene rings is 1. The van der Waals surface area contributed by atoms with Crippen molar-refractivity contribution in [3.63, 3.8) is 0 Å². The van der Waals surface area contributed by atoms with E-state index in [2.05, 4.69) is 0 Å². The minimum absolute atomic E-state index is 0.00289. The Balaban J connectivity index is 1.91. The Labute approximate surface area is 159 Å². The second-order valence-electron chi connectivity index (χ2n) is 6.85. The normalized spacial score (nSPS) is 21.8. The number of aryl methyl sites for hydroxylation is 1. The maximum Gasteiger partial charge on any atom is 0.326 e. The SMILES string of the molecule is CCOP(=O)(CCCCc1ccccc1)CC(=O)N1CC(O)C[C@H]1C(=O)O. The van der Waals surface area contributed by atoms with Crippen LogP contribution in [-0.2, 0) is 25.1 Å². The Hall–Kier alpha value is -1.69. The standard InChI is InChI=1S/C19H28NO6P/c1-2-26-27(25,11-7-6-10-15-8-4-3-5-9-15)14-18(22)20-13-16(21)12-17(20)19(23)24/h3-5,8-9,16-17,21H,2,6-7,10-14H2,1H3,(H,23,24)/t16?,17-,27?/m0/s1. The summed E-state index contributed by atoms with van der Waals surface area (Å²) in [6.07, 6.45) is 1.44. The first-order valence-electron chi connectivity index (χ1n) is 9.31. The molecule has 150 valence electrons. The van der Waals surface area contributed by atoms with Gasteiger partial charge >= 0.3 is 5.97 Å². The van der Waals surface area contributed by atoms with Gasteiger partial charge in [-0.15, -0.1) is 0 Å². The summed E-state index contributed by atoms with van der Waals surface area (Å²) in [5.74, 6) is -1.69. The number of carbonyl (C=O) groups is 2. The zero-order valence-corrected chi connectivity index (χ0v) is 16.5. The summed E-state index contributed by atoms with van der Waals surface area (Å²) >= 11 is 0. The predicted molar refractivity (Wildman–Crippen MR) is 102 cm³/mol. The van der Waals surface area contributed by atoms with Crippen LogP contribution >= 0.6 is 7.37 Å². The molecule has 0 spiro atoms. The number of carboxylic acid groups (broad SMARTS) is 1. The van der Waals surface area contributed by atoms with Gasteiger partial charge in [-0.25, -0.2) is 4.79 Å². The molecule has 2 unspecified atom stereocenters. The number of unbranched alkanes of at least 4 members (excludes halogenated alkanes) is 1. The van der Waals surface area contributed by atoms with E-state index in [0.29, 0.717) is 6.42 Å². The van der Waals surface area contributed by atoms with Crippen LogP contribution in [0.5, 0.6) is 0 Å². The van der Waals surface area contributed by atoms with Crippen LogP contribution < -0.4 is 0 Å². The van der Waals surface area contributed by atoms with Crippen molar-refractivity contribution in [1.82, 2.24) is 4.90 Å². The first-order chi connectivity index (χ1) is 12.8. The van der Waals surface area contributed by atoms with Crippen LogP contribution in [0.15, 0.2) is 30.3 Å². The molecule has 8 heteroatoms. The van der Waals surface area contributed by atoms with Crippen molar-refractivity contribution in [1.29, 1.82) is 0 Å². The number of aliphatic carboxylic acids is 1. The van der Waals surface area contributed by atoms with E-state index in [9.17, 15) is 24.4 Å². The van der Waals surface area contributed by atoms with Crippen LogP contribution in [0.4, 0.5) is 0 Å². The summed E-state index contributed by atoms with van der Waals surface area (Å²) in [5, 5.41) is 18.9. The lowest BCUT2D eigenvalue weighted by Gasteiger charge is -2.24. The summed E-state index contributed by atoms with van der Waals surface area (Å²) in [7, 11) is -3.19. The lowest BCUT2D eigenvalue weighted by Crippen LogP contribution is -2.42. The van der Waals surface area contributed by atoms with Gasteiger partial charge in [0.05, 0.1) is 12.7 Å². The molecule has 2 N–H and O–H groups in total. The monoisotopic (exact) mass is 397 g/mol. The van der Waals surface area contributed by atoms with Gasteiger partial charge in [-0.1, -0.05) is 30.3 Å². The molecular formula is C19H28NO6P. The molecule has 3 atom stereocenters. The lowest BCUT2D eigenvalue weighted by atomic mass is 10.1. The predicted octanol–water partition coefficient (Wildman–Crippen LogP) is 2.37. The van der Waals surface area contributed by atoms with E-state index in [1.165, 1.54) is 5.56 Å². The Morgan fingerprint density at radius 1 is 1.26 bits per heavy atom. The summed E-state index contributed by atoms with van der Waals surface area (Å²) in [5.41, 5.74) is 1.20. The van der Waals surface area contributed by atoms with Gasteiger partial charge in [0.25, 0.3) is 0 Å². The highest BCUT2D eigenvalue weighted by Crippen LogP contribution is 2.48. The molecule has 1 amide bonds. The summed E-state index contributed by atoms with van der Waals surface area (Å²) in [6.45, 7) is 1.91. The number of β-amino-alcohol motifs (C(OH)–C–C–N with tert-alkyl or cyclic N) is 1. The second-order valence-corrected chi connectivity index (χ2v) is 9.50. The number of hydrogen-bond acceptors (Lipinski definition) is 5. The highest BCUT2D eigenvalue weighted by Gasteiger charge is 2.41. The number of aliphatic hydroxyl groups is 1. The van der Waals surface area contributed by atoms with Gasteiger partial charge in [-0.05, 0) is 31.7 Å². The lowest BCUT2D eigenvalue weighted by molar-refractivity contribution is -0.147. The van der Waals surface area contributed by atoms with Crippen molar-refractivity contribution in [3.8, 4) is 0 Å². The van der Waals surface area contributed by atoms with E-state index in [-0.39, 0.29) is 31.9 Å². The number of hydrogen-bond donors (Lipinski definition) is 2. The smallest absolute Gasteiger partial charge is 0.326 e. The van der Waals surface area contributed by atoms with E-state index in [1.807, 2.05) is 30.3 Å². The molecule has 1 aromatic rings. The number of aliphatic hydroxyl groups excluding tert-OH is 1. The molecule has 0 bridgehead atoms. The van der Waals surface area contributed by atoms with Crippen molar-refractivity contribution in [2.24, 2.45) is 0 Å². The van der Waals surface area contributed by atoms with Gasteiger partial charge in [-0.2, -0.15) is 0 Å². The molecular weight excluding hydrogens is 369 g/mol. The largest absolute Gasteiger partial charge is 0.480 e. The molecule has 0 aliphatic carbocycles. The minimum atomic E-state index is -3.19. The maximum atomic E-state index is 13.1. The van der Waals surface area contributed by atoms with Gasteiger partial charge in [0.15, 0.2) is 0 Å². The third-order valence-corrected chi connectivity index (χ3v) is 7.16. The van der Waals surface area contributed by atoms with Crippen LogP contribution in [0.2, 0.25) is 0 Å². The highest BCUT2D eigenvalue weighted by atomic mass is 31.2. The third kappa shape index (κ3) is 6.45. The molecule has 2 rings (SSSR count). The van der Waals surface area contributed by atoms with Crippen LogP contribution in [0.25, 0.3) is 0 Å². The molecule has 0 radical (unpaired) electrons. The quantitative estimate of drug-likeness (QED) is 0.464. The van der Waals surface area contributed by atoms with Gasteiger partial charge in [0.1, 0.15) is 12.2 Å². The molecule has 27 heavy (non-hydrogen) atoms. The number of carbonyl (C=O) groups excluding carboxylic acids is 1. The molecule has 1 heterocycles. The van der Waals surface area contributed by atoms with Gasteiger partial charge in [-0.3, -0.25) is 9.36 Å². The van der Waals surface area contributed by atoms with Gasteiger partial charge in [0, 0.05) is 19.1 Å². The third-order valence-electron chi connectivity index (χ3n) is 4.68. The summed E-state index contributed by atoms with van der Waals surface area (Å²) in [4.78, 5) is 25.0. The van der Waals surface area contributed by atoms with Crippen molar-refractivity contribution in [2.45, 2.75) is 44.8 Å². The first kappa shape index (κ1) is 21.6. The molecule has 1 aliphatic rings. The van der Waals surface area contributed by atoms with Crippen molar-refractivity contribution >= 4 is 19.2 Å². The van der Waals surface area contributed by atoms with Crippen molar-refractivity contribution in [3.05, 3.63) is 35.9 Å². The Morgan fingerprint density at radius 2 is 1.96 bits per heavy atom. The maximum absolute atomic E-state index is 13.1. The molecule has 1 fully saturated rings. The second kappa shape index (κ2) is 10.0. The van der Waals surface area contributed by atoms with E-state index in [1.54, 1.807) is 6.92 Å². The Morgan fingerprint density at radius 3 is 2.59 bits per heavy atom. The first-order valence-corrected chi connectivity index (χ1v) is 11.3. The fraction of sp³-hybridized carbons (Fsp3) is 0.579. The van der Waals surface area contributed by atoms with Crippen LogP contribution in [0, 0.1) is 0 Å². The zero-order valence-electron chi connectivity index (χ0n) is 15.6. The zero-order chi connectivity index (χ0) is 19.9. The number of carboxylic acids is 1. The number of likely N-dealkylation sites (tertiary alicyclic amines) is 1.